The highest BCUT2D eigenvalue weighted by Gasteiger charge is 2.05. The maximum atomic E-state index is 11.0. The number of guanidine groups is 1. The van der Waals surface area contributed by atoms with E-state index in [1.54, 1.807) is 7.05 Å². The Morgan fingerprint density at radius 2 is 1.93 bits per heavy atom. The van der Waals surface area contributed by atoms with Gasteiger partial charge in [0.1, 0.15) is 0 Å². The molecule has 0 aliphatic carbocycles. The first-order valence-corrected chi connectivity index (χ1v) is 9.43. The highest BCUT2D eigenvalue weighted by molar-refractivity contribution is 14.0. The fraction of sp³-hybridized carbons (Fsp3) is 0.600. The molecule has 0 amide bonds. The topological polar surface area (TPSA) is 66.0 Å². The van der Waals surface area contributed by atoms with Gasteiger partial charge in [-0.1, -0.05) is 18.6 Å². The number of hydrogen-bond acceptors (Lipinski definition) is 4. The number of anilines is 1. The van der Waals surface area contributed by atoms with E-state index in [4.69, 9.17) is 0 Å². The minimum absolute atomic E-state index is 0. The summed E-state index contributed by atoms with van der Waals surface area (Å²) in [6.45, 7) is 7.84. The molecule has 0 heterocycles. The number of aryl methyl sites for hydroxylation is 1. The van der Waals surface area contributed by atoms with Crippen LogP contribution in [0, 0.1) is 6.92 Å². The van der Waals surface area contributed by atoms with Crippen LogP contribution in [0.3, 0.4) is 0 Å². The van der Waals surface area contributed by atoms with E-state index in [2.05, 4.69) is 63.4 Å². The number of carbonyl (C=O) groups excluding carboxylic acids is 1. The molecule has 0 spiro atoms. The number of methoxy groups -OCH3 is 1. The Morgan fingerprint density at radius 1 is 1.19 bits per heavy atom. The number of hydrogen-bond donors (Lipinski definition) is 2. The van der Waals surface area contributed by atoms with Crippen molar-refractivity contribution in [2.75, 3.05) is 45.2 Å². The third kappa shape index (κ3) is 11.0. The summed E-state index contributed by atoms with van der Waals surface area (Å²) in [6.07, 6.45) is 3.36. The van der Waals surface area contributed by atoms with Gasteiger partial charge in [0.05, 0.1) is 7.11 Å². The number of likely N-dealkylation sites (N-methyl/N-ethyl adjacent to an activating group) is 1. The van der Waals surface area contributed by atoms with E-state index >= 15 is 0 Å². The maximum absolute atomic E-state index is 11.0. The first-order valence-electron chi connectivity index (χ1n) is 9.43. The number of nitrogens with zero attached hydrogens (tertiary/aromatic N) is 2. The highest BCUT2D eigenvalue weighted by atomic mass is 127. The standard InChI is InChI=1S/C20H34N4O2.HI/c1-5-24(18-11-9-10-17(2)16-18)15-14-23-20(21-3)22-13-8-6-7-12-19(25)26-4;/h9-11,16H,5-8,12-15H2,1-4H3,(H2,21,22,23);1H. The lowest BCUT2D eigenvalue weighted by atomic mass is 10.2. The first-order chi connectivity index (χ1) is 12.6. The SMILES string of the molecule is CCN(CCNC(=NC)NCCCCCC(=O)OC)c1cccc(C)c1.I. The molecule has 0 atom stereocenters. The first kappa shape index (κ1) is 25.5. The normalized spacial score (nSPS) is 10.7. The Balaban J connectivity index is 0.00000676. The number of ether oxygens (including phenoxy) is 1. The molecule has 1 rings (SSSR count). The molecule has 1 aromatic carbocycles. The zero-order valence-electron chi connectivity index (χ0n) is 17.1. The summed E-state index contributed by atoms with van der Waals surface area (Å²) < 4.78 is 4.64. The third-order valence-corrected chi connectivity index (χ3v) is 4.22. The molecular weight excluding hydrogens is 455 g/mol. The Bertz CT molecular complexity index is 567. The van der Waals surface area contributed by atoms with Crippen LogP contribution in [0.4, 0.5) is 5.69 Å². The Hall–Kier alpha value is -1.51. The van der Waals surface area contributed by atoms with Crippen LogP contribution in [0.2, 0.25) is 0 Å². The van der Waals surface area contributed by atoms with Gasteiger partial charge in [-0.2, -0.15) is 0 Å². The van der Waals surface area contributed by atoms with Gasteiger partial charge in [-0.15, -0.1) is 24.0 Å². The molecule has 154 valence electrons. The van der Waals surface area contributed by atoms with Crippen molar-refractivity contribution in [3.63, 3.8) is 0 Å². The van der Waals surface area contributed by atoms with Crippen LogP contribution in [0.1, 0.15) is 38.2 Å². The molecule has 1 aromatic rings. The second-order valence-corrected chi connectivity index (χ2v) is 6.23. The Labute approximate surface area is 181 Å². The summed E-state index contributed by atoms with van der Waals surface area (Å²) in [5, 5.41) is 6.68. The predicted octanol–water partition coefficient (Wildman–Crippen LogP) is 3.34. The van der Waals surface area contributed by atoms with Gasteiger partial charge in [-0.3, -0.25) is 9.79 Å². The third-order valence-electron chi connectivity index (χ3n) is 4.22. The molecule has 0 aliphatic rings. The zero-order valence-corrected chi connectivity index (χ0v) is 19.4. The molecule has 0 bridgehead atoms. The van der Waals surface area contributed by atoms with Gasteiger partial charge >= 0.3 is 5.97 Å². The number of esters is 1. The van der Waals surface area contributed by atoms with Gasteiger partial charge in [-0.05, 0) is 44.4 Å². The molecule has 0 unspecified atom stereocenters. The minimum Gasteiger partial charge on any atom is -0.469 e. The average Bonchev–Trinajstić information content (AvgIpc) is 2.65. The van der Waals surface area contributed by atoms with Gasteiger partial charge in [0.15, 0.2) is 5.96 Å². The second-order valence-electron chi connectivity index (χ2n) is 6.23. The molecule has 0 saturated heterocycles. The maximum Gasteiger partial charge on any atom is 0.305 e. The number of unbranched alkanes of at least 4 members (excludes halogenated alkanes) is 2. The molecule has 7 heteroatoms. The van der Waals surface area contributed by atoms with Gasteiger partial charge in [0, 0.05) is 45.3 Å². The van der Waals surface area contributed by atoms with Crippen molar-refractivity contribution in [3.05, 3.63) is 29.8 Å². The minimum atomic E-state index is -0.135. The quantitative estimate of drug-likeness (QED) is 0.164. The lowest BCUT2D eigenvalue weighted by molar-refractivity contribution is -0.140. The van der Waals surface area contributed by atoms with Crippen LogP contribution in [0.15, 0.2) is 29.3 Å². The van der Waals surface area contributed by atoms with E-state index < -0.39 is 0 Å². The number of benzene rings is 1. The predicted molar refractivity (Wildman–Crippen MR) is 124 cm³/mol. The highest BCUT2D eigenvalue weighted by Crippen LogP contribution is 2.14. The number of rotatable bonds is 11. The smallest absolute Gasteiger partial charge is 0.305 e. The summed E-state index contributed by atoms with van der Waals surface area (Å²) in [4.78, 5) is 17.7. The van der Waals surface area contributed by atoms with Crippen LogP contribution < -0.4 is 15.5 Å². The summed E-state index contributed by atoms with van der Waals surface area (Å²) in [6, 6.07) is 8.58. The van der Waals surface area contributed by atoms with Gasteiger partial charge in [0.25, 0.3) is 0 Å². The molecule has 0 saturated carbocycles. The molecule has 6 nitrogen and oxygen atoms in total. The molecular formula is C20H35IN4O2. The fourth-order valence-corrected chi connectivity index (χ4v) is 2.70. The van der Waals surface area contributed by atoms with E-state index in [0.29, 0.717) is 6.42 Å². The van der Waals surface area contributed by atoms with Gasteiger partial charge < -0.3 is 20.3 Å². The van der Waals surface area contributed by atoms with E-state index in [1.165, 1.54) is 18.4 Å². The summed E-state index contributed by atoms with van der Waals surface area (Å²) >= 11 is 0. The Morgan fingerprint density at radius 3 is 2.56 bits per heavy atom. The molecule has 2 N–H and O–H groups in total. The molecule has 0 aromatic heterocycles. The average molecular weight is 490 g/mol. The van der Waals surface area contributed by atoms with Crippen molar-refractivity contribution >= 4 is 41.6 Å². The monoisotopic (exact) mass is 490 g/mol. The van der Waals surface area contributed by atoms with Crippen molar-refractivity contribution in [3.8, 4) is 0 Å². The second kappa shape index (κ2) is 15.5. The van der Waals surface area contributed by atoms with Crippen LogP contribution in [-0.4, -0.2) is 52.3 Å². The van der Waals surface area contributed by atoms with Gasteiger partial charge in [-0.25, -0.2) is 0 Å². The number of nitrogens with one attached hydrogen (secondary N) is 2. The van der Waals surface area contributed by atoms with Crippen molar-refractivity contribution in [2.45, 2.75) is 39.5 Å². The lowest BCUT2D eigenvalue weighted by Crippen LogP contribution is -2.42. The number of halogens is 1. The van der Waals surface area contributed by atoms with E-state index in [0.717, 1.165) is 51.4 Å². The molecule has 0 fully saturated rings. The van der Waals surface area contributed by atoms with E-state index in [9.17, 15) is 4.79 Å². The molecule has 0 radical (unpaired) electrons. The fourth-order valence-electron chi connectivity index (χ4n) is 2.70. The van der Waals surface area contributed by atoms with Crippen LogP contribution in [-0.2, 0) is 9.53 Å². The van der Waals surface area contributed by atoms with Gasteiger partial charge in [0.2, 0.25) is 0 Å². The van der Waals surface area contributed by atoms with Crippen molar-refractivity contribution in [1.82, 2.24) is 10.6 Å². The largest absolute Gasteiger partial charge is 0.469 e. The van der Waals surface area contributed by atoms with E-state index in [-0.39, 0.29) is 29.9 Å². The van der Waals surface area contributed by atoms with Crippen LogP contribution in [0.25, 0.3) is 0 Å². The van der Waals surface area contributed by atoms with Crippen molar-refractivity contribution < 1.29 is 9.53 Å². The van der Waals surface area contributed by atoms with Crippen molar-refractivity contribution in [2.24, 2.45) is 4.99 Å². The molecule has 0 aliphatic heterocycles. The number of carbonyl (C=O) groups is 1. The number of aliphatic imine (C=N–C) groups is 1. The lowest BCUT2D eigenvalue weighted by Gasteiger charge is -2.24. The van der Waals surface area contributed by atoms with Crippen LogP contribution in [0.5, 0.6) is 0 Å². The summed E-state index contributed by atoms with van der Waals surface area (Å²) in [7, 11) is 3.21. The van der Waals surface area contributed by atoms with Crippen LogP contribution >= 0.6 is 24.0 Å². The Kier molecular flexibility index (Phi) is 14.7. The zero-order chi connectivity index (χ0) is 19.2. The van der Waals surface area contributed by atoms with Crippen molar-refractivity contribution in [1.29, 1.82) is 0 Å². The summed E-state index contributed by atoms with van der Waals surface area (Å²) in [5.74, 6) is 0.683. The van der Waals surface area contributed by atoms with E-state index in [1.807, 2.05) is 0 Å². The molecule has 27 heavy (non-hydrogen) atoms. The summed E-state index contributed by atoms with van der Waals surface area (Å²) in [5.41, 5.74) is 2.53.